The highest BCUT2D eigenvalue weighted by molar-refractivity contribution is 6.02. The van der Waals surface area contributed by atoms with E-state index >= 15 is 0 Å². The lowest BCUT2D eigenvalue weighted by molar-refractivity contribution is 0.483. The molecule has 0 bridgehead atoms. The summed E-state index contributed by atoms with van der Waals surface area (Å²) in [5, 5.41) is 1.86. The summed E-state index contributed by atoms with van der Waals surface area (Å²) in [6.45, 7) is 2.04. The maximum absolute atomic E-state index is 6.08. The largest absolute Gasteiger partial charge is 0.457 e. The van der Waals surface area contributed by atoms with Crippen molar-refractivity contribution in [3.05, 3.63) is 60.2 Å². The summed E-state index contributed by atoms with van der Waals surface area (Å²) in [6.07, 6.45) is 0. The topological polar surface area (TPSA) is 61.3 Å². The number of rotatable bonds is 2. The number of anilines is 2. The van der Waals surface area contributed by atoms with Crippen molar-refractivity contribution in [1.29, 1.82) is 0 Å². The van der Waals surface area contributed by atoms with Crippen LogP contribution >= 0.6 is 0 Å². The van der Waals surface area contributed by atoms with Gasteiger partial charge in [-0.3, -0.25) is 0 Å². The highest BCUT2D eigenvalue weighted by Gasteiger charge is 2.06. The van der Waals surface area contributed by atoms with Crippen LogP contribution in [0.4, 0.5) is 11.4 Å². The second-order valence-electron chi connectivity index (χ2n) is 4.87. The molecule has 0 unspecified atom stereocenters. The highest BCUT2D eigenvalue weighted by atomic mass is 16.5. The van der Waals surface area contributed by atoms with Crippen molar-refractivity contribution in [1.82, 2.24) is 0 Å². The highest BCUT2D eigenvalue weighted by Crippen LogP contribution is 2.33. The number of nitrogens with two attached hydrogens (primary N) is 2. The van der Waals surface area contributed by atoms with E-state index in [2.05, 4.69) is 0 Å². The molecule has 0 aromatic heterocycles. The van der Waals surface area contributed by atoms with Gasteiger partial charge in [0.2, 0.25) is 0 Å². The molecule has 0 fully saturated rings. The fraction of sp³-hybridized carbons (Fsp3) is 0.0588. The standard InChI is InChI=1S/C17H16N2O/c1-11-5-7-13(8-6-11)20-14-9-12-3-2-4-15(18)17(12)16(19)10-14/h2-10H,18-19H2,1H3. The molecular weight excluding hydrogens is 248 g/mol. The molecule has 0 saturated carbocycles. The molecule has 0 aliphatic rings. The number of benzene rings is 3. The van der Waals surface area contributed by atoms with Crippen molar-refractivity contribution in [2.45, 2.75) is 6.92 Å². The quantitative estimate of drug-likeness (QED) is 0.685. The van der Waals surface area contributed by atoms with E-state index in [1.165, 1.54) is 5.56 Å². The third-order valence-corrected chi connectivity index (χ3v) is 3.27. The SMILES string of the molecule is Cc1ccc(Oc2cc(N)c3c(N)cccc3c2)cc1. The number of ether oxygens (including phenoxy) is 1. The normalized spacial score (nSPS) is 10.7. The average Bonchev–Trinajstić information content (AvgIpc) is 2.41. The number of nitrogen functional groups attached to an aromatic ring is 2. The van der Waals surface area contributed by atoms with Gasteiger partial charge in [0.25, 0.3) is 0 Å². The second kappa shape index (κ2) is 4.78. The van der Waals surface area contributed by atoms with E-state index in [4.69, 9.17) is 16.2 Å². The summed E-state index contributed by atoms with van der Waals surface area (Å²) < 4.78 is 5.84. The molecule has 3 rings (SSSR count). The van der Waals surface area contributed by atoms with Gasteiger partial charge in [0.15, 0.2) is 0 Å². The van der Waals surface area contributed by atoms with Crippen molar-refractivity contribution in [3.63, 3.8) is 0 Å². The summed E-state index contributed by atoms with van der Waals surface area (Å²) in [5.74, 6) is 1.50. The molecule has 0 atom stereocenters. The van der Waals surface area contributed by atoms with Gasteiger partial charge in [-0.15, -0.1) is 0 Å². The summed E-state index contributed by atoms with van der Waals surface area (Å²) in [7, 11) is 0. The van der Waals surface area contributed by atoms with Gasteiger partial charge in [-0.25, -0.2) is 0 Å². The molecule has 0 aliphatic carbocycles. The molecule has 3 nitrogen and oxygen atoms in total. The Morgan fingerprint density at radius 2 is 1.55 bits per heavy atom. The summed E-state index contributed by atoms with van der Waals surface area (Å²) >= 11 is 0. The Balaban J connectivity index is 2.02. The first-order valence-electron chi connectivity index (χ1n) is 6.46. The Morgan fingerprint density at radius 1 is 0.800 bits per heavy atom. The van der Waals surface area contributed by atoms with Crippen LogP contribution in [0, 0.1) is 6.92 Å². The van der Waals surface area contributed by atoms with E-state index in [-0.39, 0.29) is 0 Å². The molecule has 3 aromatic rings. The molecule has 0 spiro atoms. The maximum Gasteiger partial charge on any atom is 0.130 e. The van der Waals surface area contributed by atoms with Crippen LogP contribution < -0.4 is 16.2 Å². The minimum absolute atomic E-state index is 0.628. The van der Waals surface area contributed by atoms with Crippen LogP contribution in [0.2, 0.25) is 0 Å². The molecule has 100 valence electrons. The van der Waals surface area contributed by atoms with Crippen LogP contribution in [0.15, 0.2) is 54.6 Å². The summed E-state index contributed by atoms with van der Waals surface area (Å²) in [6, 6.07) is 17.4. The van der Waals surface area contributed by atoms with Crippen LogP contribution in [0.25, 0.3) is 10.8 Å². The third-order valence-electron chi connectivity index (χ3n) is 3.27. The fourth-order valence-electron chi connectivity index (χ4n) is 2.26. The van der Waals surface area contributed by atoms with Crippen molar-refractivity contribution < 1.29 is 4.74 Å². The van der Waals surface area contributed by atoms with Gasteiger partial charge in [0.1, 0.15) is 11.5 Å². The van der Waals surface area contributed by atoms with E-state index in [1.807, 2.05) is 55.5 Å². The monoisotopic (exact) mass is 264 g/mol. The van der Waals surface area contributed by atoms with Crippen molar-refractivity contribution >= 4 is 22.1 Å². The molecule has 3 heteroatoms. The maximum atomic E-state index is 6.08. The minimum atomic E-state index is 0.628. The van der Waals surface area contributed by atoms with E-state index < -0.39 is 0 Å². The lowest BCUT2D eigenvalue weighted by Crippen LogP contribution is -1.94. The Bertz CT molecular complexity index is 764. The molecule has 20 heavy (non-hydrogen) atoms. The van der Waals surface area contributed by atoms with E-state index in [0.717, 1.165) is 16.5 Å². The van der Waals surface area contributed by atoms with Crippen LogP contribution in [-0.4, -0.2) is 0 Å². The van der Waals surface area contributed by atoms with Gasteiger partial charge in [0.05, 0.1) is 0 Å². The van der Waals surface area contributed by atoms with Crippen LogP contribution in [0.3, 0.4) is 0 Å². The average molecular weight is 264 g/mol. The zero-order chi connectivity index (χ0) is 14.1. The van der Waals surface area contributed by atoms with E-state index in [0.29, 0.717) is 17.1 Å². The van der Waals surface area contributed by atoms with Crippen molar-refractivity contribution in [3.8, 4) is 11.5 Å². The number of hydrogen-bond acceptors (Lipinski definition) is 3. The molecule has 3 aromatic carbocycles. The van der Waals surface area contributed by atoms with Gasteiger partial charge in [-0.1, -0.05) is 29.8 Å². The van der Waals surface area contributed by atoms with Gasteiger partial charge in [-0.05, 0) is 36.6 Å². The lowest BCUT2D eigenvalue weighted by Gasteiger charge is -2.10. The minimum Gasteiger partial charge on any atom is -0.457 e. The first-order valence-corrected chi connectivity index (χ1v) is 6.46. The Kier molecular flexibility index (Phi) is 2.95. The van der Waals surface area contributed by atoms with Crippen molar-refractivity contribution in [2.24, 2.45) is 0 Å². The van der Waals surface area contributed by atoms with E-state index in [9.17, 15) is 0 Å². The predicted octanol–water partition coefficient (Wildman–Crippen LogP) is 4.10. The zero-order valence-corrected chi connectivity index (χ0v) is 11.3. The Labute approximate surface area is 117 Å². The molecule has 0 heterocycles. The molecule has 0 radical (unpaired) electrons. The smallest absolute Gasteiger partial charge is 0.130 e. The van der Waals surface area contributed by atoms with Crippen LogP contribution in [0.1, 0.15) is 5.56 Å². The van der Waals surface area contributed by atoms with Gasteiger partial charge in [0, 0.05) is 22.8 Å². The fourth-order valence-corrected chi connectivity index (χ4v) is 2.26. The third kappa shape index (κ3) is 2.26. The molecule has 0 saturated heterocycles. The lowest BCUT2D eigenvalue weighted by atomic mass is 10.1. The van der Waals surface area contributed by atoms with Gasteiger partial charge >= 0.3 is 0 Å². The Hall–Kier alpha value is -2.68. The molecule has 4 N–H and O–H groups in total. The van der Waals surface area contributed by atoms with E-state index in [1.54, 1.807) is 6.07 Å². The van der Waals surface area contributed by atoms with Gasteiger partial charge < -0.3 is 16.2 Å². The van der Waals surface area contributed by atoms with Gasteiger partial charge in [-0.2, -0.15) is 0 Å². The Morgan fingerprint density at radius 3 is 2.30 bits per heavy atom. The van der Waals surface area contributed by atoms with Crippen molar-refractivity contribution in [2.75, 3.05) is 11.5 Å². The zero-order valence-electron chi connectivity index (χ0n) is 11.3. The molecule has 0 aliphatic heterocycles. The summed E-state index contributed by atoms with van der Waals surface area (Å²) in [4.78, 5) is 0. The summed E-state index contributed by atoms with van der Waals surface area (Å²) in [5.41, 5.74) is 14.5. The first kappa shape index (κ1) is 12.4. The first-order chi connectivity index (χ1) is 9.63. The van der Waals surface area contributed by atoms with Crippen LogP contribution in [0.5, 0.6) is 11.5 Å². The van der Waals surface area contributed by atoms with Crippen LogP contribution in [-0.2, 0) is 0 Å². The predicted molar refractivity (Wildman–Crippen MR) is 84.0 cm³/mol. The molecule has 0 amide bonds. The number of fused-ring (bicyclic) bond motifs is 1. The number of hydrogen-bond donors (Lipinski definition) is 2. The second-order valence-corrected chi connectivity index (χ2v) is 4.87. The molecular formula is C17H16N2O. The number of aryl methyl sites for hydroxylation is 1.